The van der Waals surface area contributed by atoms with Gasteiger partial charge in [0, 0.05) is 12.5 Å². The van der Waals surface area contributed by atoms with E-state index in [0.29, 0.717) is 13.0 Å². The van der Waals surface area contributed by atoms with Crippen molar-refractivity contribution in [3.05, 3.63) is 29.8 Å². The molecule has 0 saturated carbocycles. The maximum absolute atomic E-state index is 12.1. The smallest absolute Gasteiger partial charge is 0.406 e. The van der Waals surface area contributed by atoms with Gasteiger partial charge in [0.25, 0.3) is 0 Å². The summed E-state index contributed by atoms with van der Waals surface area (Å²) in [5, 5.41) is 10.3. The van der Waals surface area contributed by atoms with Crippen LogP contribution in [0.2, 0.25) is 0 Å². The Morgan fingerprint density at radius 1 is 1.33 bits per heavy atom. The average molecular weight is 304 g/mol. The minimum absolute atomic E-state index is 0.0628. The van der Waals surface area contributed by atoms with Crippen molar-refractivity contribution in [3.8, 4) is 5.75 Å². The Bertz CT molecular complexity index is 444. The third-order valence-corrected chi connectivity index (χ3v) is 3.76. The summed E-state index contributed by atoms with van der Waals surface area (Å²) in [4.78, 5) is 0. The SMILES string of the molecule is CCC1OCCC1C(O)Cc1ccc(OC(F)(F)F)cc1. The molecule has 1 aliphatic heterocycles. The molecule has 1 N–H and O–H groups in total. The first kappa shape index (κ1) is 16.1. The van der Waals surface area contributed by atoms with Gasteiger partial charge in [0.1, 0.15) is 5.75 Å². The second-order valence-corrected chi connectivity index (χ2v) is 5.23. The molecule has 1 aliphatic rings. The van der Waals surface area contributed by atoms with Crippen molar-refractivity contribution in [2.24, 2.45) is 5.92 Å². The third kappa shape index (κ3) is 4.61. The molecule has 0 aliphatic carbocycles. The zero-order chi connectivity index (χ0) is 15.5. The van der Waals surface area contributed by atoms with E-state index in [4.69, 9.17) is 4.74 Å². The molecule has 2 rings (SSSR count). The third-order valence-electron chi connectivity index (χ3n) is 3.76. The van der Waals surface area contributed by atoms with Gasteiger partial charge in [-0.1, -0.05) is 19.1 Å². The van der Waals surface area contributed by atoms with Crippen LogP contribution in [-0.2, 0) is 11.2 Å². The lowest BCUT2D eigenvalue weighted by atomic mass is 9.89. The van der Waals surface area contributed by atoms with Gasteiger partial charge in [0.15, 0.2) is 0 Å². The Labute approximate surface area is 121 Å². The van der Waals surface area contributed by atoms with Gasteiger partial charge in [-0.15, -0.1) is 13.2 Å². The predicted molar refractivity (Wildman–Crippen MR) is 71.0 cm³/mol. The van der Waals surface area contributed by atoms with Crippen molar-refractivity contribution in [2.45, 2.75) is 44.8 Å². The quantitative estimate of drug-likeness (QED) is 0.907. The van der Waals surface area contributed by atoms with Crippen LogP contribution in [0.5, 0.6) is 5.75 Å². The number of hydrogen-bond donors (Lipinski definition) is 1. The minimum Gasteiger partial charge on any atom is -0.406 e. The standard InChI is InChI=1S/C15H19F3O3/c1-2-14-12(7-8-20-14)13(19)9-10-3-5-11(6-4-10)21-15(16,17)18/h3-6,12-14,19H,2,7-9H2,1H3. The van der Waals surface area contributed by atoms with E-state index >= 15 is 0 Å². The molecule has 0 bridgehead atoms. The molecule has 21 heavy (non-hydrogen) atoms. The van der Waals surface area contributed by atoms with Gasteiger partial charge in [-0.3, -0.25) is 0 Å². The zero-order valence-electron chi connectivity index (χ0n) is 11.8. The number of alkyl halides is 3. The summed E-state index contributed by atoms with van der Waals surface area (Å²) in [7, 11) is 0. The molecular formula is C15H19F3O3. The van der Waals surface area contributed by atoms with Crippen LogP contribution in [0.4, 0.5) is 13.2 Å². The van der Waals surface area contributed by atoms with E-state index in [-0.39, 0.29) is 17.8 Å². The lowest BCUT2D eigenvalue weighted by Gasteiger charge is -2.22. The number of halogens is 3. The average Bonchev–Trinajstić information content (AvgIpc) is 2.87. The zero-order valence-corrected chi connectivity index (χ0v) is 11.8. The highest BCUT2D eigenvalue weighted by Gasteiger charge is 2.33. The van der Waals surface area contributed by atoms with Crippen molar-refractivity contribution in [3.63, 3.8) is 0 Å². The minimum atomic E-state index is -4.68. The van der Waals surface area contributed by atoms with Crippen LogP contribution in [0, 0.1) is 5.92 Å². The van der Waals surface area contributed by atoms with E-state index in [9.17, 15) is 18.3 Å². The number of benzene rings is 1. The molecule has 0 spiro atoms. The summed E-state index contributed by atoms with van der Waals surface area (Å²) in [5.41, 5.74) is 0.777. The Morgan fingerprint density at radius 3 is 2.57 bits per heavy atom. The van der Waals surface area contributed by atoms with Crippen molar-refractivity contribution < 1.29 is 27.8 Å². The Hall–Kier alpha value is -1.27. The summed E-state index contributed by atoms with van der Waals surface area (Å²) in [6.07, 6.45) is -3.11. The Kier molecular flexibility index (Phi) is 5.11. The van der Waals surface area contributed by atoms with E-state index < -0.39 is 12.5 Å². The van der Waals surface area contributed by atoms with Gasteiger partial charge in [0.05, 0.1) is 12.2 Å². The predicted octanol–water partition coefficient (Wildman–Crippen LogP) is 3.30. The van der Waals surface area contributed by atoms with E-state index in [1.807, 2.05) is 6.92 Å². The molecule has 1 heterocycles. The van der Waals surface area contributed by atoms with E-state index in [1.165, 1.54) is 12.1 Å². The second kappa shape index (κ2) is 6.66. The maximum atomic E-state index is 12.1. The number of hydrogen-bond acceptors (Lipinski definition) is 3. The maximum Gasteiger partial charge on any atom is 0.573 e. The van der Waals surface area contributed by atoms with Crippen molar-refractivity contribution in [2.75, 3.05) is 6.61 Å². The van der Waals surface area contributed by atoms with Gasteiger partial charge in [-0.05, 0) is 37.0 Å². The fourth-order valence-corrected chi connectivity index (χ4v) is 2.75. The highest BCUT2D eigenvalue weighted by Crippen LogP contribution is 2.29. The summed E-state index contributed by atoms with van der Waals surface area (Å²) >= 11 is 0. The monoisotopic (exact) mass is 304 g/mol. The molecule has 3 atom stereocenters. The molecule has 3 nitrogen and oxygen atoms in total. The molecule has 118 valence electrons. The summed E-state index contributed by atoms with van der Waals surface area (Å²) in [6.45, 7) is 2.66. The molecule has 1 aromatic carbocycles. The van der Waals surface area contributed by atoms with Gasteiger partial charge < -0.3 is 14.6 Å². The molecule has 1 fully saturated rings. The van der Waals surface area contributed by atoms with Crippen LogP contribution in [-0.4, -0.2) is 30.3 Å². The van der Waals surface area contributed by atoms with Crippen LogP contribution >= 0.6 is 0 Å². The fraction of sp³-hybridized carbons (Fsp3) is 0.600. The summed E-state index contributed by atoms with van der Waals surface area (Å²) in [5.74, 6) is -0.169. The topological polar surface area (TPSA) is 38.7 Å². The fourth-order valence-electron chi connectivity index (χ4n) is 2.75. The molecule has 1 aromatic rings. The van der Waals surface area contributed by atoms with Gasteiger partial charge in [-0.25, -0.2) is 0 Å². The second-order valence-electron chi connectivity index (χ2n) is 5.23. The highest BCUT2D eigenvalue weighted by molar-refractivity contribution is 5.28. The van der Waals surface area contributed by atoms with Gasteiger partial charge >= 0.3 is 6.36 Å². The summed E-state index contributed by atoms with van der Waals surface area (Å²) < 4.78 is 45.5. The van der Waals surface area contributed by atoms with Crippen LogP contribution in [0.1, 0.15) is 25.3 Å². The molecule has 1 saturated heterocycles. The molecule has 0 aromatic heterocycles. The first-order valence-electron chi connectivity index (χ1n) is 7.03. The van der Waals surface area contributed by atoms with Crippen LogP contribution in [0.3, 0.4) is 0 Å². The molecular weight excluding hydrogens is 285 g/mol. The number of ether oxygens (including phenoxy) is 2. The largest absolute Gasteiger partial charge is 0.573 e. The van der Waals surface area contributed by atoms with Crippen molar-refractivity contribution in [1.82, 2.24) is 0 Å². The Morgan fingerprint density at radius 2 is 2.00 bits per heavy atom. The number of aliphatic hydroxyl groups is 1. The molecule has 6 heteroatoms. The number of aliphatic hydroxyl groups excluding tert-OH is 1. The molecule has 3 unspecified atom stereocenters. The van der Waals surface area contributed by atoms with Gasteiger partial charge in [0.2, 0.25) is 0 Å². The van der Waals surface area contributed by atoms with Crippen LogP contribution in [0.15, 0.2) is 24.3 Å². The van der Waals surface area contributed by atoms with E-state index in [2.05, 4.69) is 4.74 Å². The number of rotatable bonds is 5. The highest BCUT2D eigenvalue weighted by atomic mass is 19.4. The Balaban J connectivity index is 1.93. The van der Waals surface area contributed by atoms with Crippen LogP contribution in [0.25, 0.3) is 0 Å². The van der Waals surface area contributed by atoms with Crippen molar-refractivity contribution >= 4 is 0 Å². The molecule has 0 amide bonds. The van der Waals surface area contributed by atoms with Crippen LogP contribution < -0.4 is 4.74 Å². The van der Waals surface area contributed by atoms with Crippen molar-refractivity contribution in [1.29, 1.82) is 0 Å². The molecule has 0 radical (unpaired) electrons. The van der Waals surface area contributed by atoms with E-state index in [0.717, 1.165) is 18.4 Å². The van der Waals surface area contributed by atoms with E-state index in [1.54, 1.807) is 12.1 Å². The lowest BCUT2D eigenvalue weighted by molar-refractivity contribution is -0.274. The first-order valence-corrected chi connectivity index (χ1v) is 7.03. The first-order chi connectivity index (χ1) is 9.89. The summed E-state index contributed by atoms with van der Waals surface area (Å²) in [6, 6.07) is 5.61. The normalized spacial score (nSPS) is 24.0. The lowest BCUT2D eigenvalue weighted by Crippen LogP contribution is -2.29. The van der Waals surface area contributed by atoms with Gasteiger partial charge in [-0.2, -0.15) is 0 Å².